The Morgan fingerprint density at radius 2 is 1.92 bits per heavy atom. The lowest BCUT2D eigenvalue weighted by atomic mass is 10.1. The topological polar surface area (TPSA) is 78.1 Å². The number of rotatable bonds is 5. The van der Waals surface area contributed by atoms with Gasteiger partial charge in [0, 0.05) is 23.6 Å². The third-order valence-electron chi connectivity index (χ3n) is 6.30. The molecule has 1 atom stereocenters. The minimum atomic E-state index is -4.64. The molecule has 0 fully saturated rings. The highest BCUT2D eigenvalue weighted by atomic mass is 19.4. The lowest BCUT2D eigenvalue weighted by molar-refractivity contribution is -0.134. The first kappa shape index (κ1) is 24.5. The van der Waals surface area contributed by atoms with E-state index in [0.29, 0.717) is 27.5 Å². The molecule has 1 aliphatic rings. The van der Waals surface area contributed by atoms with Crippen molar-refractivity contribution < 1.29 is 27.1 Å². The van der Waals surface area contributed by atoms with E-state index >= 15 is 0 Å². The number of aromatic nitrogens is 5. The molecule has 0 radical (unpaired) electrons. The van der Waals surface area contributed by atoms with Crippen molar-refractivity contribution in [2.24, 2.45) is 0 Å². The first-order valence-corrected chi connectivity index (χ1v) is 11.4. The number of benzene rings is 2. The molecule has 8 nitrogen and oxygen atoms in total. The molecule has 5 rings (SSSR count). The summed E-state index contributed by atoms with van der Waals surface area (Å²) >= 11 is 0. The van der Waals surface area contributed by atoms with E-state index in [1.807, 2.05) is 17.6 Å². The molecule has 12 heteroatoms. The van der Waals surface area contributed by atoms with Gasteiger partial charge in [-0.3, -0.25) is 4.79 Å². The fraction of sp³-hybridized carbons (Fsp3) is 0.280. The summed E-state index contributed by atoms with van der Waals surface area (Å²) in [6.07, 6.45) is 0.677. The summed E-state index contributed by atoms with van der Waals surface area (Å²) in [6, 6.07) is 7.76. The zero-order valence-electron chi connectivity index (χ0n) is 19.9. The number of methoxy groups -OCH3 is 1. The van der Waals surface area contributed by atoms with Gasteiger partial charge in [-0.15, -0.1) is 5.10 Å². The molecule has 1 amide bonds. The number of halogens is 4. The summed E-state index contributed by atoms with van der Waals surface area (Å²) in [5.74, 6) is -0.0498. The second-order valence-electron chi connectivity index (χ2n) is 8.68. The standard InChI is InChI=1S/C25H22F4N6O2/c1-15-30-9-10-33(15)21-6-3-16(12-23(21)37-2)19-13-35(32-31-19)22-7-4-17-11-18(26)5-8-20(17)34(24(22)36)14-25(27,28)29/h3,5-6,8-13,22H,4,7,14H2,1-2H3/t22-/m1/s1. The molecule has 4 aromatic rings. The molecular weight excluding hydrogens is 492 g/mol. The van der Waals surface area contributed by atoms with Gasteiger partial charge in [0.25, 0.3) is 5.91 Å². The van der Waals surface area contributed by atoms with Crippen LogP contribution in [0, 0.1) is 12.7 Å². The number of amides is 1. The fourth-order valence-electron chi connectivity index (χ4n) is 4.55. The lowest BCUT2D eigenvalue weighted by Gasteiger charge is -2.26. The molecule has 0 aliphatic carbocycles. The Morgan fingerprint density at radius 1 is 1.14 bits per heavy atom. The number of carbonyl (C=O) groups excluding carboxylic acids is 1. The Hall–Kier alpha value is -4.22. The van der Waals surface area contributed by atoms with Crippen molar-refractivity contribution in [3.63, 3.8) is 0 Å². The molecule has 1 aliphatic heterocycles. The third kappa shape index (κ3) is 4.78. The average Bonchev–Trinajstić information content (AvgIpc) is 3.49. The smallest absolute Gasteiger partial charge is 0.406 e. The quantitative estimate of drug-likeness (QED) is 0.362. The third-order valence-corrected chi connectivity index (χ3v) is 6.30. The second-order valence-corrected chi connectivity index (χ2v) is 8.68. The Balaban J connectivity index is 1.48. The first-order valence-electron chi connectivity index (χ1n) is 11.4. The van der Waals surface area contributed by atoms with E-state index in [-0.39, 0.29) is 18.5 Å². The van der Waals surface area contributed by atoms with E-state index in [1.54, 1.807) is 24.5 Å². The normalized spacial score (nSPS) is 16.0. The van der Waals surface area contributed by atoms with Crippen LogP contribution in [0.2, 0.25) is 0 Å². The average molecular weight is 514 g/mol. The minimum absolute atomic E-state index is 0.0432. The van der Waals surface area contributed by atoms with Gasteiger partial charge in [-0.1, -0.05) is 11.3 Å². The zero-order valence-corrected chi connectivity index (χ0v) is 19.9. The highest BCUT2D eigenvalue weighted by Gasteiger charge is 2.39. The molecule has 192 valence electrons. The summed E-state index contributed by atoms with van der Waals surface area (Å²) in [4.78, 5) is 18.2. The molecule has 0 N–H and O–H groups in total. The van der Waals surface area contributed by atoms with Crippen molar-refractivity contribution in [2.45, 2.75) is 32.0 Å². The number of ether oxygens (including phenoxy) is 1. The van der Waals surface area contributed by atoms with Gasteiger partial charge in [0.1, 0.15) is 35.7 Å². The first-order chi connectivity index (χ1) is 17.6. The number of nitrogens with zero attached hydrogens (tertiary/aromatic N) is 6. The number of anilines is 1. The van der Waals surface area contributed by atoms with Gasteiger partial charge in [-0.2, -0.15) is 13.2 Å². The van der Waals surface area contributed by atoms with Crippen LogP contribution >= 0.6 is 0 Å². The van der Waals surface area contributed by atoms with Crippen LogP contribution in [0.4, 0.5) is 23.2 Å². The monoisotopic (exact) mass is 514 g/mol. The van der Waals surface area contributed by atoms with Gasteiger partial charge in [-0.25, -0.2) is 14.1 Å². The molecule has 0 unspecified atom stereocenters. The van der Waals surface area contributed by atoms with Gasteiger partial charge in [0.15, 0.2) is 0 Å². The largest absolute Gasteiger partial charge is 0.495 e. The summed E-state index contributed by atoms with van der Waals surface area (Å²) < 4.78 is 62.7. The Labute approximate surface area is 209 Å². The van der Waals surface area contributed by atoms with Crippen LogP contribution in [0.3, 0.4) is 0 Å². The van der Waals surface area contributed by atoms with E-state index in [4.69, 9.17) is 4.74 Å². The van der Waals surface area contributed by atoms with Gasteiger partial charge < -0.3 is 14.2 Å². The minimum Gasteiger partial charge on any atom is -0.495 e. The van der Waals surface area contributed by atoms with Crippen LogP contribution in [0.25, 0.3) is 16.9 Å². The summed E-state index contributed by atoms with van der Waals surface area (Å²) in [5.41, 5.74) is 2.19. The number of fused-ring (bicyclic) bond motifs is 1. The molecule has 2 aromatic carbocycles. The van der Waals surface area contributed by atoms with Crippen molar-refractivity contribution >= 4 is 11.6 Å². The van der Waals surface area contributed by atoms with E-state index in [9.17, 15) is 22.4 Å². The van der Waals surface area contributed by atoms with Crippen molar-refractivity contribution in [2.75, 3.05) is 18.6 Å². The number of alkyl halides is 3. The van der Waals surface area contributed by atoms with Gasteiger partial charge >= 0.3 is 6.18 Å². The maximum Gasteiger partial charge on any atom is 0.406 e. The predicted molar refractivity (Wildman–Crippen MR) is 126 cm³/mol. The number of carbonyl (C=O) groups is 1. The summed E-state index contributed by atoms with van der Waals surface area (Å²) in [6.45, 7) is 0.367. The van der Waals surface area contributed by atoms with E-state index < -0.39 is 30.5 Å². The maximum absolute atomic E-state index is 13.8. The number of imidazole rings is 1. The zero-order chi connectivity index (χ0) is 26.3. The number of aryl methyl sites for hydroxylation is 2. The maximum atomic E-state index is 13.8. The van der Waals surface area contributed by atoms with E-state index in [2.05, 4.69) is 15.3 Å². The highest BCUT2D eigenvalue weighted by molar-refractivity contribution is 5.97. The van der Waals surface area contributed by atoms with Crippen molar-refractivity contribution in [1.82, 2.24) is 24.5 Å². The molecule has 3 heterocycles. The molecular formula is C25H22F4N6O2. The van der Waals surface area contributed by atoms with Crippen molar-refractivity contribution in [3.05, 3.63) is 72.2 Å². The number of hydrogen-bond donors (Lipinski definition) is 0. The van der Waals surface area contributed by atoms with Gasteiger partial charge in [0.05, 0.1) is 19.0 Å². The van der Waals surface area contributed by atoms with Crippen molar-refractivity contribution in [3.8, 4) is 22.7 Å². The van der Waals surface area contributed by atoms with Gasteiger partial charge in [-0.05, 0) is 55.7 Å². The van der Waals surface area contributed by atoms with Gasteiger partial charge in [0.2, 0.25) is 0 Å². The Kier molecular flexibility index (Phi) is 6.18. The van der Waals surface area contributed by atoms with Crippen LogP contribution in [-0.4, -0.2) is 50.3 Å². The summed E-state index contributed by atoms with van der Waals surface area (Å²) in [7, 11) is 1.53. The molecule has 37 heavy (non-hydrogen) atoms. The molecule has 0 saturated heterocycles. The molecule has 0 spiro atoms. The highest BCUT2D eigenvalue weighted by Crippen LogP contribution is 2.35. The van der Waals surface area contributed by atoms with E-state index in [0.717, 1.165) is 23.6 Å². The molecule has 0 saturated carbocycles. The second kappa shape index (κ2) is 9.34. The van der Waals surface area contributed by atoms with E-state index in [1.165, 1.54) is 24.1 Å². The predicted octanol–water partition coefficient (Wildman–Crippen LogP) is 4.67. The lowest BCUT2D eigenvalue weighted by Crippen LogP contribution is -2.42. The van der Waals surface area contributed by atoms with Crippen LogP contribution in [-0.2, 0) is 11.2 Å². The van der Waals surface area contributed by atoms with Crippen LogP contribution < -0.4 is 9.64 Å². The number of hydrogen-bond acceptors (Lipinski definition) is 5. The van der Waals surface area contributed by atoms with Crippen LogP contribution in [0.1, 0.15) is 23.9 Å². The SMILES string of the molecule is COc1cc(-c2cn([C@@H]3CCc4cc(F)ccc4N(CC(F)(F)F)C3=O)nn2)ccc1-n1ccnc1C. The van der Waals surface area contributed by atoms with Crippen LogP contribution in [0.15, 0.2) is 55.0 Å². The fourth-order valence-corrected chi connectivity index (χ4v) is 4.55. The summed E-state index contributed by atoms with van der Waals surface area (Å²) in [5, 5.41) is 8.23. The molecule has 2 aromatic heterocycles. The van der Waals surface area contributed by atoms with Crippen LogP contribution in [0.5, 0.6) is 5.75 Å². The Bertz CT molecular complexity index is 1460. The van der Waals surface area contributed by atoms with Crippen molar-refractivity contribution in [1.29, 1.82) is 0 Å². The Morgan fingerprint density at radius 3 is 2.62 bits per heavy atom. The molecule has 0 bridgehead atoms.